The first kappa shape index (κ1) is 22.2. The molecule has 180 valence electrons. The van der Waals surface area contributed by atoms with Gasteiger partial charge in [-0.1, -0.05) is 0 Å². The highest BCUT2D eigenvalue weighted by Gasteiger charge is 2.41. The lowest BCUT2D eigenvalue weighted by atomic mass is 9.86. The highest BCUT2D eigenvalue weighted by Crippen LogP contribution is 2.39. The number of hydrogen-bond acceptors (Lipinski definition) is 9. The Morgan fingerprint density at radius 2 is 1.14 bits per heavy atom. The van der Waals surface area contributed by atoms with Crippen LogP contribution in [0.4, 0.5) is 11.6 Å². The van der Waals surface area contributed by atoms with Crippen LogP contribution in [0.5, 0.6) is 0 Å². The SMILES string of the molecule is COC(=O)c1ccc(N2C(=O)c3ccc4c5c(ccc(c35)C2=O)C(=O)N(c2cnc(C)cn2)C4=O)nc1. The fourth-order valence-electron chi connectivity index (χ4n) is 4.55. The summed E-state index contributed by atoms with van der Waals surface area (Å²) in [4.78, 5) is 79.7. The quantitative estimate of drug-likeness (QED) is 0.311. The van der Waals surface area contributed by atoms with Crippen LogP contribution in [0.25, 0.3) is 10.8 Å². The average molecular weight is 493 g/mol. The predicted molar refractivity (Wildman–Crippen MR) is 129 cm³/mol. The highest BCUT2D eigenvalue weighted by atomic mass is 16.5. The van der Waals surface area contributed by atoms with Gasteiger partial charge in [0.25, 0.3) is 23.6 Å². The summed E-state index contributed by atoms with van der Waals surface area (Å²) >= 11 is 0. The van der Waals surface area contributed by atoms with E-state index >= 15 is 0 Å². The number of rotatable bonds is 3. The molecule has 11 nitrogen and oxygen atoms in total. The van der Waals surface area contributed by atoms with E-state index in [0.29, 0.717) is 5.69 Å². The molecule has 0 radical (unpaired) electrons. The molecule has 0 N–H and O–H groups in total. The molecule has 0 aliphatic carbocycles. The van der Waals surface area contributed by atoms with Gasteiger partial charge in [-0.25, -0.2) is 24.6 Å². The van der Waals surface area contributed by atoms with E-state index in [2.05, 4.69) is 19.7 Å². The van der Waals surface area contributed by atoms with Crippen molar-refractivity contribution in [3.05, 3.63) is 88.5 Å². The summed E-state index contributed by atoms with van der Waals surface area (Å²) in [7, 11) is 1.23. The average Bonchev–Trinajstić information content (AvgIpc) is 2.91. The van der Waals surface area contributed by atoms with Crippen LogP contribution in [0.2, 0.25) is 0 Å². The third-order valence-corrected chi connectivity index (χ3v) is 6.29. The second-order valence-corrected chi connectivity index (χ2v) is 8.38. The smallest absolute Gasteiger partial charge is 0.339 e. The summed E-state index contributed by atoms with van der Waals surface area (Å²) in [5.41, 5.74) is 1.37. The second kappa shape index (κ2) is 7.85. The van der Waals surface area contributed by atoms with Crippen molar-refractivity contribution in [2.45, 2.75) is 6.92 Å². The minimum atomic E-state index is -0.675. The van der Waals surface area contributed by atoms with E-state index in [4.69, 9.17) is 0 Å². The molecule has 2 aromatic carbocycles. The molecule has 0 unspecified atom stereocenters. The summed E-state index contributed by atoms with van der Waals surface area (Å²) < 4.78 is 4.65. The Labute approximate surface area is 208 Å². The van der Waals surface area contributed by atoms with Crippen molar-refractivity contribution in [2.24, 2.45) is 0 Å². The van der Waals surface area contributed by atoms with Crippen LogP contribution in [0.3, 0.4) is 0 Å². The van der Waals surface area contributed by atoms with E-state index in [1.54, 1.807) is 6.92 Å². The maximum Gasteiger partial charge on any atom is 0.339 e. The fraction of sp³-hybridized carbons (Fsp3) is 0.0769. The molecular formula is C26H15N5O6. The van der Waals surface area contributed by atoms with E-state index in [0.717, 1.165) is 9.80 Å². The molecule has 2 aromatic heterocycles. The number of esters is 1. The van der Waals surface area contributed by atoms with Gasteiger partial charge < -0.3 is 4.74 Å². The van der Waals surface area contributed by atoms with Crippen LogP contribution in [0, 0.1) is 6.92 Å². The number of aryl methyl sites for hydroxylation is 1. The Morgan fingerprint density at radius 1 is 0.649 bits per heavy atom. The predicted octanol–water partition coefficient (Wildman–Crippen LogP) is 2.72. The Balaban J connectivity index is 1.48. The minimum absolute atomic E-state index is 0.0120. The van der Waals surface area contributed by atoms with Gasteiger partial charge in [-0.3, -0.25) is 24.2 Å². The number of carbonyl (C=O) groups excluding carboxylic acids is 5. The number of benzene rings is 2. The van der Waals surface area contributed by atoms with Crippen LogP contribution in [-0.2, 0) is 4.74 Å². The second-order valence-electron chi connectivity index (χ2n) is 8.38. The number of amides is 4. The van der Waals surface area contributed by atoms with Crippen molar-refractivity contribution in [1.82, 2.24) is 15.0 Å². The van der Waals surface area contributed by atoms with Gasteiger partial charge in [0.2, 0.25) is 0 Å². The zero-order valence-electron chi connectivity index (χ0n) is 19.4. The third kappa shape index (κ3) is 3.07. The van der Waals surface area contributed by atoms with Crippen LogP contribution >= 0.6 is 0 Å². The molecule has 0 fully saturated rings. The molecule has 0 saturated carbocycles. The lowest BCUT2D eigenvalue weighted by Gasteiger charge is -2.31. The van der Waals surface area contributed by atoms with Gasteiger partial charge in [-0.05, 0) is 43.3 Å². The maximum absolute atomic E-state index is 13.5. The molecule has 0 saturated heterocycles. The third-order valence-electron chi connectivity index (χ3n) is 6.29. The van der Waals surface area contributed by atoms with Crippen molar-refractivity contribution in [2.75, 3.05) is 16.9 Å². The topological polar surface area (TPSA) is 140 Å². The van der Waals surface area contributed by atoms with Gasteiger partial charge in [0.15, 0.2) is 5.82 Å². The van der Waals surface area contributed by atoms with E-state index < -0.39 is 29.6 Å². The van der Waals surface area contributed by atoms with Gasteiger partial charge in [0, 0.05) is 39.2 Å². The molecule has 4 heterocycles. The van der Waals surface area contributed by atoms with Gasteiger partial charge in [0.1, 0.15) is 5.82 Å². The summed E-state index contributed by atoms with van der Waals surface area (Å²) in [5, 5.41) is 0.459. The first-order chi connectivity index (χ1) is 17.8. The van der Waals surface area contributed by atoms with Gasteiger partial charge in [0.05, 0.1) is 30.8 Å². The summed E-state index contributed by atoms with van der Waals surface area (Å²) in [6, 6.07) is 8.56. The van der Waals surface area contributed by atoms with E-state index in [1.807, 2.05) is 0 Å². The number of nitrogens with zero attached hydrogens (tertiary/aromatic N) is 5. The largest absolute Gasteiger partial charge is 0.465 e. The Morgan fingerprint density at radius 3 is 1.54 bits per heavy atom. The summed E-state index contributed by atoms with van der Waals surface area (Å²) in [6.45, 7) is 1.73. The van der Waals surface area contributed by atoms with Crippen molar-refractivity contribution in [3.63, 3.8) is 0 Å². The highest BCUT2D eigenvalue weighted by molar-refractivity contribution is 6.41. The van der Waals surface area contributed by atoms with E-state index in [9.17, 15) is 24.0 Å². The van der Waals surface area contributed by atoms with Crippen LogP contribution in [0.1, 0.15) is 57.5 Å². The zero-order chi connectivity index (χ0) is 26.0. The fourth-order valence-corrected chi connectivity index (χ4v) is 4.55. The lowest BCUT2D eigenvalue weighted by Crippen LogP contribution is -2.44. The van der Waals surface area contributed by atoms with Crippen LogP contribution in [-0.4, -0.2) is 51.7 Å². The molecule has 0 spiro atoms. The normalized spacial score (nSPS) is 14.4. The molecule has 4 aromatic rings. The zero-order valence-corrected chi connectivity index (χ0v) is 19.4. The minimum Gasteiger partial charge on any atom is -0.465 e. The van der Waals surface area contributed by atoms with Gasteiger partial charge >= 0.3 is 5.97 Å². The number of anilines is 2. The molecule has 2 aliphatic heterocycles. The molecule has 0 atom stereocenters. The monoisotopic (exact) mass is 493 g/mol. The standard InChI is InChI=1S/C26H15N5O6/c1-12-9-28-19(11-27-12)31-24(34)16-6-4-14-20-15(5-7-17(21(16)20)25(31)35)23(33)30(22(14)32)18-8-3-13(10-29-18)26(36)37-2/h3-11H,1-2H3. The van der Waals surface area contributed by atoms with Crippen molar-refractivity contribution in [1.29, 1.82) is 0 Å². The van der Waals surface area contributed by atoms with E-state index in [-0.39, 0.29) is 50.2 Å². The number of aromatic nitrogens is 3. The first-order valence-electron chi connectivity index (χ1n) is 11.0. The molecule has 2 aliphatic rings. The number of imide groups is 2. The summed E-state index contributed by atoms with van der Waals surface area (Å²) in [6.07, 6.45) is 3.99. The number of hydrogen-bond donors (Lipinski definition) is 0. The molecule has 11 heteroatoms. The Hall–Kier alpha value is -5.32. The Kier molecular flexibility index (Phi) is 4.70. The number of methoxy groups -OCH3 is 1. The molecule has 4 amide bonds. The van der Waals surface area contributed by atoms with Crippen molar-refractivity contribution >= 4 is 52.0 Å². The first-order valence-corrected chi connectivity index (χ1v) is 11.0. The summed E-state index contributed by atoms with van der Waals surface area (Å²) in [5.74, 6) is -3.15. The number of pyridine rings is 1. The van der Waals surface area contributed by atoms with Crippen molar-refractivity contribution < 1.29 is 28.7 Å². The maximum atomic E-state index is 13.5. The number of ether oxygens (including phenoxy) is 1. The van der Waals surface area contributed by atoms with E-state index in [1.165, 1.54) is 62.1 Å². The molecule has 6 rings (SSSR count). The Bertz CT molecular complexity index is 1640. The molecule has 37 heavy (non-hydrogen) atoms. The number of carbonyl (C=O) groups is 5. The van der Waals surface area contributed by atoms with Gasteiger partial charge in [-0.15, -0.1) is 0 Å². The van der Waals surface area contributed by atoms with Crippen LogP contribution < -0.4 is 9.80 Å². The van der Waals surface area contributed by atoms with Gasteiger partial charge in [-0.2, -0.15) is 0 Å². The molecule has 0 bridgehead atoms. The lowest BCUT2D eigenvalue weighted by molar-refractivity contribution is 0.0599. The molecular weight excluding hydrogens is 478 g/mol. The van der Waals surface area contributed by atoms with Crippen molar-refractivity contribution in [3.8, 4) is 0 Å². The van der Waals surface area contributed by atoms with Crippen LogP contribution in [0.15, 0.2) is 55.0 Å².